The van der Waals surface area contributed by atoms with Crippen LogP contribution >= 0.6 is 0 Å². The Bertz CT molecular complexity index is 148. The zero-order valence-electron chi connectivity index (χ0n) is 5.97. The molecule has 0 saturated heterocycles. The molecule has 1 radical (unpaired) electrons. The highest BCUT2D eigenvalue weighted by Crippen LogP contribution is 2.10. The van der Waals surface area contributed by atoms with Gasteiger partial charge in [0, 0.05) is 0 Å². The summed E-state index contributed by atoms with van der Waals surface area (Å²) in [7, 11) is 0. The van der Waals surface area contributed by atoms with Crippen LogP contribution in [0.5, 0.6) is 0 Å². The van der Waals surface area contributed by atoms with Crippen LogP contribution in [-0.4, -0.2) is 12.0 Å². The van der Waals surface area contributed by atoms with E-state index >= 15 is 0 Å². The van der Waals surface area contributed by atoms with E-state index < -0.39 is 5.60 Å². The van der Waals surface area contributed by atoms with Crippen molar-refractivity contribution in [2.75, 3.05) is 0 Å². The van der Waals surface area contributed by atoms with Crippen molar-refractivity contribution in [2.24, 2.45) is 0 Å². The molecular formula is C6H9N2O2. The largest absolute Gasteiger partial charge is 0.335 e. The third kappa shape index (κ3) is 3.87. The van der Waals surface area contributed by atoms with Gasteiger partial charge in [-0.15, -0.1) is 0 Å². The Hall–Kier alpha value is -1.08. The second kappa shape index (κ2) is 3.85. The zero-order valence-corrected chi connectivity index (χ0v) is 5.97. The summed E-state index contributed by atoms with van der Waals surface area (Å²) in [6, 6.07) is 1.92. The number of hydroxylamine groups is 1. The van der Waals surface area contributed by atoms with E-state index in [2.05, 4.69) is 0 Å². The van der Waals surface area contributed by atoms with Gasteiger partial charge in [-0.25, -0.2) is 5.48 Å². The maximum Gasteiger partial charge on any atom is 0.335 e. The first kappa shape index (κ1) is 8.92. The number of nitriles is 1. The van der Waals surface area contributed by atoms with Gasteiger partial charge in [0.05, 0.1) is 12.5 Å². The van der Waals surface area contributed by atoms with Crippen LogP contribution in [0.1, 0.15) is 20.3 Å². The Balaban J connectivity index is 3.64. The summed E-state index contributed by atoms with van der Waals surface area (Å²) in [6.07, 6.45) is 1.57. The number of carbonyl (C=O) groups excluding carboxylic acids is 1. The zero-order chi connectivity index (χ0) is 8.04. The lowest BCUT2D eigenvalue weighted by atomic mass is 10.1. The van der Waals surface area contributed by atoms with E-state index in [0.29, 0.717) is 0 Å². The number of rotatable bonds is 4. The van der Waals surface area contributed by atoms with Crippen molar-refractivity contribution in [3.63, 3.8) is 0 Å². The number of hydrogen-bond acceptors (Lipinski definition) is 3. The van der Waals surface area contributed by atoms with E-state index in [4.69, 9.17) is 10.1 Å². The predicted octanol–water partition coefficient (Wildman–Crippen LogP) is 0.267. The Morgan fingerprint density at radius 1 is 1.70 bits per heavy atom. The second-order valence-electron chi connectivity index (χ2n) is 2.40. The van der Waals surface area contributed by atoms with Gasteiger partial charge in [-0.2, -0.15) is 5.26 Å². The lowest BCUT2D eigenvalue weighted by molar-refractivity contribution is -0.0528. The SMILES string of the molecule is CC(C)(CC#N)ON[C]=O. The fraction of sp³-hybridized carbons (Fsp3) is 0.667. The molecule has 0 saturated carbocycles. The van der Waals surface area contributed by atoms with Crippen molar-refractivity contribution in [1.29, 1.82) is 5.26 Å². The Morgan fingerprint density at radius 3 is 2.70 bits per heavy atom. The summed E-state index contributed by atoms with van der Waals surface area (Å²) in [4.78, 5) is 14.3. The molecule has 4 nitrogen and oxygen atoms in total. The molecule has 0 aromatic heterocycles. The number of amides is 1. The van der Waals surface area contributed by atoms with Crippen LogP contribution in [0, 0.1) is 11.3 Å². The van der Waals surface area contributed by atoms with E-state index in [-0.39, 0.29) is 6.42 Å². The molecule has 0 atom stereocenters. The molecule has 0 fully saturated rings. The van der Waals surface area contributed by atoms with Gasteiger partial charge in [0.2, 0.25) is 0 Å². The van der Waals surface area contributed by atoms with Crippen LogP contribution in [0.2, 0.25) is 0 Å². The van der Waals surface area contributed by atoms with Gasteiger partial charge in [-0.1, -0.05) is 0 Å². The van der Waals surface area contributed by atoms with Crippen LogP contribution in [0.25, 0.3) is 0 Å². The van der Waals surface area contributed by atoms with Crippen LogP contribution in [0.4, 0.5) is 0 Å². The summed E-state index contributed by atoms with van der Waals surface area (Å²) in [5.41, 5.74) is 1.28. The molecule has 55 valence electrons. The molecule has 0 aromatic carbocycles. The van der Waals surface area contributed by atoms with Gasteiger partial charge >= 0.3 is 6.41 Å². The van der Waals surface area contributed by atoms with Crippen LogP contribution < -0.4 is 5.48 Å². The highest BCUT2D eigenvalue weighted by molar-refractivity contribution is 5.45. The second-order valence-corrected chi connectivity index (χ2v) is 2.40. The summed E-state index contributed by atoms with van der Waals surface area (Å²) >= 11 is 0. The smallest absolute Gasteiger partial charge is 0.266 e. The van der Waals surface area contributed by atoms with Gasteiger partial charge in [0.25, 0.3) is 0 Å². The first-order valence-electron chi connectivity index (χ1n) is 2.79. The van der Waals surface area contributed by atoms with E-state index in [0.717, 1.165) is 0 Å². The van der Waals surface area contributed by atoms with Gasteiger partial charge in [-0.05, 0) is 13.8 Å². The lowest BCUT2D eigenvalue weighted by Gasteiger charge is -2.18. The maximum absolute atomic E-state index is 9.61. The molecule has 0 aliphatic heterocycles. The summed E-state index contributed by atoms with van der Waals surface area (Å²) < 4.78 is 0. The van der Waals surface area contributed by atoms with E-state index in [1.165, 1.54) is 6.41 Å². The minimum Gasteiger partial charge on any atom is -0.266 e. The predicted molar refractivity (Wildman–Crippen MR) is 34.2 cm³/mol. The molecule has 4 heteroatoms. The highest BCUT2D eigenvalue weighted by Gasteiger charge is 2.17. The molecule has 1 amide bonds. The minimum atomic E-state index is -0.633. The Labute approximate surface area is 59.7 Å². The van der Waals surface area contributed by atoms with Crippen molar-refractivity contribution in [3.8, 4) is 6.07 Å². The normalized spacial score (nSPS) is 10.1. The molecule has 0 aromatic rings. The number of nitrogens with one attached hydrogen (secondary N) is 1. The van der Waals surface area contributed by atoms with E-state index in [1.54, 1.807) is 13.8 Å². The van der Waals surface area contributed by atoms with Crippen LogP contribution in [0.15, 0.2) is 0 Å². The van der Waals surface area contributed by atoms with Crippen molar-refractivity contribution < 1.29 is 9.63 Å². The van der Waals surface area contributed by atoms with Crippen LogP contribution in [0.3, 0.4) is 0 Å². The minimum absolute atomic E-state index is 0.224. The first-order chi connectivity index (χ1) is 4.62. The lowest BCUT2D eigenvalue weighted by Crippen LogP contribution is -2.31. The summed E-state index contributed by atoms with van der Waals surface area (Å²) in [5, 5.41) is 8.24. The molecule has 0 rings (SSSR count). The molecule has 0 aliphatic carbocycles. The van der Waals surface area contributed by atoms with Crippen molar-refractivity contribution in [1.82, 2.24) is 5.48 Å². The third-order valence-electron chi connectivity index (χ3n) is 0.874. The van der Waals surface area contributed by atoms with Crippen molar-refractivity contribution in [3.05, 3.63) is 0 Å². The Morgan fingerprint density at radius 2 is 2.30 bits per heavy atom. The van der Waals surface area contributed by atoms with Gasteiger partial charge in [0.1, 0.15) is 5.60 Å². The third-order valence-corrected chi connectivity index (χ3v) is 0.874. The van der Waals surface area contributed by atoms with E-state index in [1.807, 2.05) is 11.5 Å². The summed E-state index contributed by atoms with van der Waals surface area (Å²) in [5.74, 6) is 0. The van der Waals surface area contributed by atoms with Gasteiger partial charge in [-0.3, -0.25) is 9.63 Å². The maximum atomic E-state index is 9.61. The van der Waals surface area contributed by atoms with Crippen molar-refractivity contribution in [2.45, 2.75) is 25.9 Å². The molecule has 0 bridgehead atoms. The molecule has 10 heavy (non-hydrogen) atoms. The van der Waals surface area contributed by atoms with Crippen LogP contribution in [-0.2, 0) is 9.63 Å². The average Bonchev–Trinajstić information content (AvgIpc) is 1.84. The highest BCUT2D eigenvalue weighted by atomic mass is 16.7. The molecule has 0 heterocycles. The van der Waals surface area contributed by atoms with Gasteiger partial charge in [0.15, 0.2) is 0 Å². The molecule has 1 N–H and O–H groups in total. The molecule has 0 unspecified atom stereocenters. The topological polar surface area (TPSA) is 62.1 Å². The average molecular weight is 141 g/mol. The van der Waals surface area contributed by atoms with Crippen molar-refractivity contribution >= 4 is 6.41 Å². The molecule has 0 spiro atoms. The number of hydrogen-bond donors (Lipinski definition) is 1. The quantitative estimate of drug-likeness (QED) is 0.451. The fourth-order valence-corrected chi connectivity index (χ4v) is 0.385. The molecular weight excluding hydrogens is 132 g/mol. The number of nitrogens with zero attached hydrogens (tertiary/aromatic N) is 1. The Kier molecular flexibility index (Phi) is 3.44. The van der Waals surface area contributed by atoms with Gasteiger partial charge < -0.3 is 0 Å². The summed E-state index contributed by atoms with van der Waals surface area (Å²) in [6.45, 7) is 3.39. The standard InChI is InChI=1S/C6H9N2O2/c1-6(2,3-4-7)10-8-5-9/h3H2,1-2H3,(H,8,9). The fourth-order valence-electron chi connectivity index (χ4n) is 0.385. The first-order valence-corrected chi connectivity index (χ1v) is 2.79. The molecule has 0 aliphatic rings. The van der Waals surface area contributed by atoms with E-state index in [9.17, 15) is 4.79 Å². The monoisotopic (exact) mass is 141 g/mol.